The molecule has 1 rings (SSSR count). The molecule has 0 saturated carbocycles. The Morgan fingerprint density at radius 3 is 3.08 bits per heavy atom. The molecular weight excluding hydrogens is 180 g/mol. The lowest BCUT2D eigenvalue weighted by Gasteiger charge is -1.98. The fraction of sp³-hybridized carbons (Fsp3) is 0.333. The van der Waals surface area contributed by atoms with E-state index in [0.29, 0.717) is 11.5 Å². The van der Waals surface area contributed by atoms with E-state index in [0.717, 1.165) is 0 Å². The first-order valence-electron chi connectivity index (χ1n) is 3.32. The van der Waals surface area contributed by atoms with Gasteiger partial charge < -0.3 is 10.4 Å². The standard InChI is InChI=1S/C6H8N2O3S/c9-3-2-7-6-5(8(10)11)1-4-12-6/h1,4,7,9H,2-3H2. The number of nitrogens with one attached hydrogen (secondary N) is 1. The minimum atomic E-state index is -0.448. The molecule has 0 saturated heterocycles. The number of hydrogen-bond acceptors (Lipinski definition) is 5. The Bertz CT molecular complexity index is 274. The van der Waals surface area contributed by atoms with Gasteiger partial charge in [-0.25, -0.2) is 0 Å². The van der Waals surface area contributed by atoms with E-state index < -0.39 is 4.92 Å². The predicted octanol–water partition coefficient (Wildman–Crippen LogP) is 1.06. The van der Waals surface area contributed by atoms with E-state index >= 15 is 0 Å². The van der Waals surface area contributed by atoms with Crippen molar-refractivity contribution in [3.05, 3.63) is 21.6 Å². The number of aliphatic hydroxyl groups is 1. The zero-order valence-corrected chi connectivity index (χ0v) is 7.00. The van der Waals surface area contributed by atoms with Crippen molar-refractivity contribution in [1.82, 2.24) is 0 Å². The maximum atomic E-state index is 10.4. The summed E-state index contributed by atoms with van der Waals surface area (Å²) >= 11 is 1.25. The van der Waals surface area contributed by atoms with Gasteiger partial charge in [0.1, 0.15) is 0 Å². The first kappa shape index (κ1) is 8.95. The van der Waals surface area contributed by atoms with Crippen molar-refractivity contribution in [3.63, 3.8) is 0 Å². The molecular formula is C6H8N2O3S. The highest BCUT2D eigenvalue weighted by Crippen LogP contribution is 2.29. The summed E-state index contributed by atoms with van der Waals surface area (Å²) in [4.78, 5) is 9.91. The molecule has 0 spiro atoms. The molecule has 0 amide bonds. The van der Waals surface area contributed by atoms with Crippen molar-refractivity contribution in [2.24, 2.45) is 0 Å². The van der Waals surface area contributed by atoms with Crippen LogP contribution in [0.3, 0.4) is 0 Å². The molecule has 12 heavy (non-hydrogen) atoms. The van der Waals surface area contributed by atoms with Crippen LogP contribution in [0, 0.1) is 10.1 Å². The van der Waals surface area contributed by atoms with Crippen LogP contribution in [0.4, 0.5) is 10.7 Å². The lowest BCUT2D eigenvalue weighted by atomic mass is 10.5. The van der Waals surface area contributed by atoms with Crippen LogP contribution in [0.1, 0.15) is 0 Å². The quantitative estimate of drug-likeness (QED) is 0.547. The van der Waals surface area contributed by atoms with Gasteiger partial charge in [-0.3, -0.25) is 10.1 Å². The Kier molecular flexibility index (Phi) is 3.01. The van der Waals surface area contributed by atoms with Crippen molar-refractivity contribution in [3.8, 4) is 0 Å². The molecule has 0 atom stereocenters. The second kappa shape index (κ2) is 4.03. The van der Waals surface area contributed by atoms with E-state index in [2.05, 4.69) is 5.32 Å². The maximum Gasteiger partial charge on any atom is 0.303 e. The number of aliphatic hydroxyl groups excluding tert-OH is 1. The van der Waals surface area contributed by atoms with E-state index in [1.165, 1.54) is 17.4 Å². The summed E-state index contributed by atoms with van der Waals surface area (Å²) in [7, 11) is 0. The third-order valence-corrected chi connectivity index (χ3v) is 2.10. The van der Waals surface area contributed by atoms with Gasteiger partial charge in [-0.05, 0) is 5.38 Å². The van der Waals surface area contributed by atoms with Gasteiger partial charge >= 0.3 is 5.69 Å². The van der Waals surface area contributed by atoms with Crippen LogP contribution >= 0.6 is 11.3 Å². The molecule has 0 aliphatic rings. The zero-order valence-electron chi connectivity index (χ0n) is 6.19. The molecule has 0 unspecified atom stereocenters. The van der Waals surface area contributed by atoms with E-state index in [1.54, 1.807) is 5.38 Å². The second-order valence-corrected chi connectivity index (χ2v) is 2.96. The van der Waals surface area contributed by atoms with Crippen molar-refractivity contribution in [2.75, 3.05) is 18.5 Å². The summed E-state index contributed by atoms with van der Waals surface area (Å²) in [6.45, 7) is 0.302. The van der Waals surface area contributed by atoms with Gasteiger partial charge in [0.2, 0.25) is 0 Å². The largest absolute Gasteiger partial charge is 0.395 e. The van der Waals surface area contributed by atoms with Crippen LogP contribution in [0.15, 0.2) is 11.4 Å². The molecule has 0 bridgehead atoms. The van der Waals surface area contributed by atoms with Gasteiger partial charge in [0, 0.05) is 12.6 Å². The summed E-state index contributed by atoms with van der Waals surface area (Å²) < 4.78 is 0. The molecule has 0 fully saturated rings. The van der Waals surface area contributed by atoms with E-state index in [4.69, 9.17) is 5.11 Å². The van der Waals surface area contributed by atoms with Crippen LogP contribution < -0.4 is 5.32 Å². The monoisotopic (exact) mass is 188 g/mol. The Labute approximate surface area is 72.8 Å². The van der Waals surface area contributed by atoms with E-state index in [-0.39, 0.29) is 12.3 Å². The van der Waals surface area contributed by atoms with Gasteiger partial charge in [-0.15, -0.1) is 11.3 Å². The van der Waals surface area contributed by atoms with Crippen molar-refractivity contribution >= 4 is 22.0 Å². The minimum Gasteiger partial charge on any atom is -0.395 e. The molecule has 5 nitrogen and oxygen atoms in total. The van der Waals surface area contributed by atoms with Gasteiger partial charge in [-0.1, -0.05) is 0 Å². The first-order valence-corrected chi connectivity index (χ1v) is 4.20. The average molecular weight is 188 g/mol. The molecule has 0 aliphatic heterocycles. The molecule has 0 aromatic carbocycles. The average Bonchev–Trinajstić information content (AvgIpc) is 2.48. The van der Waals surface area contributed by atoms with Gasteiger partial charge in [-0.2, -0.15) is 0 Å². The number of hydrogen-bond donors (Lipinski definition) is 2. The summed E-state index contributed by atoms with van der Waals surface area (Å²) in [5.41, 5.74) is 0.0634. The van der Waals surface area contributed by atoms with Crippen LogP contribution in [-0.2, 0) is 0 Å². The van der Waals surface area contributed by atoms with E-state index in [9.17, 15) is 10.1 Å². The number of nitrogens with zero attached hydrogens (tertiary/aromatic N) is 1. The summed E-state index contributed by atoms with van der Waals surface area (Å²) in [6.07, 6.45) is 0. The number of nitro groups is 1. The molecule has 2 N–H and O–H groups in total. The minimum absolute atomic E-state index is 0.0327. The zero-order chi connectivity index (χ0) is 8.97. The second-order valence-electron chi connectivity index (χ2n) is 2.04. The molecule has 1 aromatic heterocycles. The van der Waals surface area contributed by atoms with Crippen LogP contribution in [0.5, 0.6) is 0 Å². The maximum absolute atomic E-state index is 10.4. The number of rotatable bonds is 4. The molecule has 0 aliphatic carbocycles. The predicted molar refractivity (Wildman–Crippen MR) is 46.5 cm³/mol. The summed E-state index contributed by atoms with van der Waals surface area (Å²) in [6, 6.07) is 1.43. The smallest absolute Gasteiger partial charge is 0.303 e. The normalized spacial score (nSPS) is 9.75. The topological polar surface area (TPSA) is 75.4 Å². The first-order chi connectivity index (χ1) is 5.75. The Balaban J connectivity index is 2.70. The third kappa shape index (κ3) is 1.93. The Hall–Kier alpha value is -1.14. The van der Waals surface area contributed by atoms with Crippen LogP contribution in [0.2, 0.25) is 0 Å². The fourth-order valence-corrected chi connectivity index (χ4v) is 1.53. The lowest BCUT2D eigenvalue weighted by Crippen LogP contribution is -2.05. The summed E-state index contributed by atoms with van der Waals surface area (Å²) in [5.74, 6) is 0. The van der Waals surface area contributed by atoms with Gasteiger partial charge in [0.25, 0.3) is 0 Å². The molecule has 66 valence electrons. The highest BCUT2D eigenvalue weighted by Gasteiger charge is 2.13. The van der Waals surface area contributed by atoms with Crippen molar-refractivity contribution < 1.29 is 10.0 Å². The highest BCUT2D eigenvalue weighted by atomic mass is 32.1. The van der Waals surface area contributed by atoms with E-state index in [1.807, 2.05) is 0 Å². The van der Waals surface area contributed by atoms with Gasteiger partial charge in [0.15, 0.2) is 5.00 Å². The fourth-order valence-electron chi connectivity index (χ4n) is 0.748. The van der Waals surface area contributed by atoms with Gasteiger partial charge in [0.05, 0.1) is 11.5 Å². The van der Waals surface area contributed by atoms with Crippen LogP contribution in [-0.4, -0.2) is 23.2 Å². The number of anilines is 1. The molecule has 6 heteroatoms. The lowest BCUT2D eigenvalue weighted by molar-refractivity contribution is -0.383. The third-order valence-electron chi connectivity index (χ3n) is 1.24. The molecule has 0 radical (unpaired) electrons. The summed E-state index contributed by atoms with van der Waals surface area (Å²) in [5, 5.41) is 23.7. The Morgan fingerprint density at radius 1 is 1.75 bits per heavy atom. The van der Waals surface area contributed by atoms with Crippen LogP contribution in [0.25, 0.3) is 0 Å². The SMILES string of the molecule is O=[N+]([O-])c1ccsc1NCCO. The number of thiophene rings is 1. The van der Waals surface area contributed by atoms with Crippen molar-refractivity contribution in [1.29, 1.82) is 0 Å². The highest BCUT2D eigenvalue weighted by molar-refractivity contribution is 7.14. The van der Waals surface area contributed by atoms with Crippen molar-refractivity contribution in [2.45, 2.75) is 0 Å². The Morgan fingerprint density at radius 2 is 2.50 bits per heavy atom. The molecule has 1 aromatic rings. The molecule has 1 heterocycles.